The Morgan fingerprint density at radius 1 is 0.634 bits per heavy atom. The van der Waals surface area contributed by atoms with Crippen molar-refractivity contribution in [1.82, 2.24) is 15.0 Å². The molecule has 0 aliphatic carbocycles. The van der Waals surface area contributed by atoms with Crippen molar-refractivity contribution in [2.45, 2.75) is 20.8 Å². The van der Waals surface area contributed by atoms with E-state index < -0.39 is 0 Å². The molecule has 1 radical (unpaired) electrons. The van der Waals surface area contributed by atoms with Gasteiger partial charge in [0.25, 0.3) is 0 Å². The van der Waals surface area contributed by atoms with Crippen LogP contribution in [-0.4, -0.2) is 15.0 Å². The van der Waals surface area contributed by atoms with Crippen molar-refractivity contribution in [3.63, 3.8) is 0 Å². The zero-order chi connectivity index (χ0) is 27.5. The molecule has 0 atom stereocenters. The second kappa shape index (κ2) is 12.7. The Bertz CT molecular complexity index is 1930. The summed E-state index contributed by atoms with van der Waals surface area (Å²) in [6.07, 6.45) is 8.58. The predicted molar refractivity (Wildman–Crippen MR) is 167 cm³/mol. The van der Waals surface area contributed by atoms with Crippen molar-refractivity contribution in [2.24, 2.45) is 0 Å². The maximum Gasteiger partial charge on any atom is 0.0521 e. The van der Waals surface area contributed by atoms with Gasteiger partial charge in [-0.3, -0.25) is 0 Å². The number of rotatable bonds is 3. The summed E-state index contributed by atoms with van der Waals surface area (Å²) in [5, 5.41) is 2.54. The van der Waals surface area contributed by atoms with Gasteiger partial charge in [-0.05, 0) is 59.4 Å². The first-order valence-electron chi connectivity index (χ1n) is 13.2. The molecule has 0 amide bonds. The number of benzene rings is 3. The summed E-state index contributed by atoms with van der Waals surface area (Å²) in [7, 11) is 0. The largest absolute Gasteiger partial charge is 0.360 e. The topological polar surface area (TPSA) is 38.7 Å². The summed E-state index contributed by atoms with van der Waals surface area (Å²) < 4.78 is 2.51. The number of hydrogen-bond donors (Lipinski definition) is 0. The van der Waals surface area contributed by atoms with E-state index in [1.807, 2.05) is 30.6 Å². The van der Waals surface area contributed by atoms with Crippen molar-refractivity contribution in [3.8, 4) is 33.6 Å². The Kier molecular flexibility index (Phi) is 8.80. The molecule has 0 aliphatic heterocycles. The van der Waals surface area contributed by atoms with Crippen LogP contribution in [0.25, 0.3) is 53.8 Å². The van der Waals surface area contributed by atoms with Gasteiger partial charge in [0.05, 0.1) is 4.70 Å². The fraction of sp³-hybridized carbons (Fsp3) is 0.0833. The first-order valence-corrected chi connectivity index (χ1v) is 14.0. The molecule has 0 spiro atoms. The summed E-state index contributed by atoms with van der Waals surface area (Å²) in [5.41, 5.74) is 10.1. The van der Waals surface area contributed by atoms with E-state index in [1.165, 1.54) is 48.0 Å². The Morgan fingerprint density at radius 3 is 2.17 bits per heavy atom. The molecule has 4 heterocycles. The maximum absolute atomic E-state index is 4.54. The zero-order valence-electron chi connectivity index (χ0n) is 23.0. The average molecular weight is 726 g/mol. The van der Waals surface area contributed by atoms with Crippen molar-refractivity contribution in [1.29, 1.82) is 0 Å². The third-order valence-corrected chi connectivity index (χ3v) is 8.16. The number of thiophene rings is 1. The van der Waals surface area contributed by atoms with Crippen molar-refractivity contribution in [3.05, 3.63) is 139 Å². The smallest absolute Gasteiger partial charge is 0.0521 e. The Labute approximate surface area is 258 Å². The van der Waals surface area contributed by atoms with Crippen molar-refractivity contribution in [2.75, 3.05) is 0 Å². The van der Waals surface area contributed by atoms with Gasteiger partial charge >= 0.3 is 0 Å². The van der Waals surface area contributed by atoms with Crippen LogP contribution in [0.4, 0.5) is 0 Å². The normalized spacial score (nSPS) is 10.6. The minimum absolute atomic E-state index is 0. The summed E-state index contributed by atoms with van der Waals surface area (Å²) in [5.74, 6) is 0. The molecule has 0 aliphatic rings. The van der Waals surface area contributed by atoms with Gasteiger partial charge in [-0.1, -0.05) is 84.9 Å². The van der Waals surface area contributed by atoms with Crippen LogP contribution in [0, 0.1) is 33.0 Å². The van der Waals surface area contributed by atoms with Crippen molar-refractivity contribution >= 4 is 31.5 Å². The van der Waals surface area contributed by atoms with Gasteiger partial charge in [0.2, 0.25) is 0 Å². The van der Waals surface area contributed by atoms with E-state index in [9.17, 15) is 0 Å². The number of aromatic nitrogens is 3. The van der Waals surface area contributed by atoms with E-state index >= 15 is 0 Å². The third-order valence-electron chi connectivity index (χ3n) is 7.04. The molecule has 7 rings (SSSR count). The molecule has 203 valence electrons. The molecule has 7 aromatic rings. The Morgan fingerprint density at radius 2 is 1.39 bits per heavy atom. The number of fused-ring (bicyclic) bond motifs is 3. The summed E-state index contributed by atoms with van der Waals surface area (Å²) in [4.78, 5) is 13.1. The minimum Gasteiger partial charge on any atom is -0.360 e. The van der Waals surface area contributed by atoms with Crippen molar-refractivity contribution < 1.29 is 20.1 Å². The molecule has 0 fully saturated rings. The molecule has 3 aromatic carbocycles. The number of nitrogens with zero attached hydrogens (tertiary/aromatic N) is 3. The van der Waals surface area contributed by atoms with Crippen LogP contribution in [0.15, 0.2) is 110 Å². The van der Waals surface area contributed by atoms with Crippen LogP contribution in [0.5, 0.6) is 0 Å². The second-order valence-corrected chi connectivity index (χ2v) is 10.9. The molecule has 0 unspecified atom stereocenters. The van der Waals surface area contributed by atoms with E-state index in [-0.39, 0.29) is 20.1 Å². The van der Waals surface area contributed by atoms with E-state index in [2.05, 4.69) is 121 Å². The van der Waals surface area contributed by atoms with Gasteiger partial charge in [-0.25, -0.2) is 0 Å². The molecule has 0 saturated carbocycles. The average Bonchev–Trinajstić information content (AvgIpc) is 3.38. The third kappa shape index (κ3) is 6.18. The van der Waals surface area contributed by atoms with Gasteiger partial charge in [-0.2, -0.15) is 0 Å². The van der Waals surface area contributed by atoms with Crippen LogP contribution < -0.4 is 0 Å². The summed E-state index contributed by atoms with van der Waals surface area (Å²) >= 11 is 1.78. The Balaban J connectivity index is 0.000000161. The SMILES string of the molecule is Cc1cnc(-c2[c-]cc(C)c(-c3ccccc3)c2)cc1C.[Ir].[c-]1ncccc1-c1cc2c(cn1)sc1ccccc12. The molecule has 0 bridgehead atoms. The first-order chi connectivity index (χ1) is 19.6. The Hall–Kier alpha value is -4.02. The quantitative estimate of drug-likeness (QED) is 0.171. The molecular formula is C36H27IrN3S-2. The predicted octanol–water partition coefficient (Wildman–Crippen LogP) is 9.45. The molecule has 5 heteroatoms. The summed E-state index contributed by atoms with van der Waals surface area (Å²) in [6, 6.07) is 34.6. The molecule has 0 N–H and O–H groups in total. The summed E-state index contributed by atoms with van der Waals surface area (Å²) in [6.45, 7) is 6.32. The van der Waals surface area contributed by atoms with Crippen LogP contribution >= 0.6 is 11.3 Å². The van der Waals surface area contributed by atoms with Gasteiger partial charge in [0.1, 0.15) is 0 Å². The standard InChI is InChI=1S/C20H18N.C16H9N2S.Ir/c1-14-9-10-18(20-11-15(2)16(3)13-21-20)12-19(14)17-7-5-4-6-8-17;1-2-6-15-12(5-1)13-8-14(18-10-16(13)19-15)11-4-3-7-17-9-11;/h4-9,11-13H,1-3H3;1-8,10H;/q2*-1;. The van der Waals surface area contributed by atoms with Gasteiger partial charge < -0.3 is 15.0 Å². The first kappa shape index (κ1) is 28.5. The van der Waals surface area contributed by atoms with Gasteiger partial charge in [0, 0.05) is 37.2 Å². The maximum atomic E-state index is 4.54. The van der Waals surface area contributed by atoms with Crippen LogP contribution in [0.1, 0.15) is 16.7 Å². The van der Waals surface area contributed by atoms with E-state index in [4.69, 9.17) is 0 Å². The van der Waals surface area contributed by atoms with Crippen LogP contribution in [0.3, 0.4) is 0 Å². The molecule has 4 aromatic heterocycles. The van der Waals surface area contributed by atoms with Crippen LogP contribution in [0.2, 0.25) is 0 Å². The number of hydrogen-bond acceptors (Lipinski definition) is 4. The fourth-order valence-corrected chi connectivity index (χ4v) is 5.72. The van der Waals surface area contributed by atoms with Gasteiger partial charge in [0.15, 0.2) is 0 Å². The number of aryl methyl sites for hydroxylation is 3. The van der Waals surface area contributed by atoms with Gasteiger partial charge in [-0.15, -0.1) is 58.4 Å². The molecular weight excluding hydrogens is 699 g/mol. The monoisotopic (exact) mass is 726 g/mol. The zero-order valence-corrected chi connectivity index (χ0v) is 26.2. The van der Waals surface area contributed by atoms with E-state index in [1.54, 1.807) is 17.5 Å². The molecule has 41 heavy (non-hydrogen) atoms. The fourth-order valence-electron chi connectivity index (χ4n) is 4.66. The van der Waals surface area contributed by atoms with E-state index in [0.717, 1.165) is 22.5 Å². The minimum atomic E-state index is 0. The van der Waals surface area contributed by atoms with Crippen LogP contribution in [-0.2, 0) is 20.1 Å². The second-order valence-electron chi connectivity index (χ2n) is 9.79. The molecule has 0 saturated heterocycles. The van der Waals surface area contributed by atoms with E-state index in [0.29, 0.717) is 0 Å². The number of pyridine rings is 3. The molecule has 3 nitrogen and oxygen atoms in total.